The highest BCUT2D eigenvalue weighted by Gasteiger charge is 2.25. The molecule has 30 heavy (non-hydrogen) atoms. The van der Waals surface area contributed by atoms with Crippen molar-refractivity contribution < 1.29 is 13.9 Å². The molecule has 1 amide bonds. The number of aromatic amines is 1. The fourth-order valence-electron chi connectivity index (χ4n) is 4.78. The number of rotatable bonds is 4. The Kier molecular flexibility index (Phi) is 4.81. The first-order chi connectivity index (χ1) is 14.6. The number of hydrogen-bond donors (Lipinski definition) is 1. The minimum atomic E-state index is -0.244. The number of piperidine rings is 1. The summed E-state index contributed by atoms with van der Waals surface area (Å²) in [7, 11) is 0. The van der Waals surface area contributed by atoms with Crippen LogP contribution < -0.4 is 10.4 Å². The zero-order chi connectivity index (χ0) is 20.7. The molecule has 3 heterocycles. The zero-order valence-corrected chi connectivity index (χ0v) is 17.1. The number of ether oxygens (including phenoxy) is 1. The lowest BCUT2D eigenvalue weighted by atomic mass is 9.94. The molecule has 1 aliphatic heterocycles. The van der Waals surface area contributed by atoms with E-state index in [1.54, 1.807) is 6.20 Å². The fourth-order valence-corrected chi connectivity index (χ4v) is 4.78. The summed E-state index contributed by atoms with van der Waals surface area (Å²) in [6, 6.07) is 5.83. The van der Waals surface area contributed by atoms with E-state index in [-0.39, 0.29) is 18.1 Å². The smallest absolute Gasteiger partial charge is 0.339 e. The predicted molar refractivity (Wildman–Crippen MR) is 112 cm³/mol. The number of fused-ring (bicyclic) bond motifs is 3. The topological polar surface area (TPSA) is 88.4 Å². The molecule has 0 radical (unpaired) electrons. The van der Waals surface area contributed by atoms with E-state index in [1.807, 2.05) is 30.0 Å². The molecule has 5 rings (SSSR count). The minimum absolute atomic E-state index is 0.0176. The first kappa shape index (κ1) is 18.9. The first-order valence-electron chi connectivity index (χ1n) is 10.6. The summed E-state index contributed by atoms with van der Waals surface area (Å²) in [6.45, 7) is 3.28. The summed E-state index contributed by atoms with van der Waals surface area (Å²) in [4.78, 5) is 26.8. The average Bonchev–Trinajstić information content (AvgIpc) is 3.46. The summed E-state index contributed by atoms with van der Waals surface area (Å²) in [6.07, 6.45) is 6.28. The van der Waals surface area contributed by atoms with Gasteiger partial charge in [0.05, 0.1) is 0 Å². The second-order valence-electron chi connectivity index (χ2n) is 8.22. The predicted octanol–water partition coefficient (Wildman–Crippen LogP) is 3.10. The fraction of sp³-hybridized carbons (Fsp3) is 0.435. The van der Waals surface area contributed by atoms with Crippen LogP contribution in [0.3, 0.4) is 0 Å². The van der Waals surface area contributed by atoms with Crippen molar-refractivity contribution in [2.45, 2.75) is 44.9 Å². The number of benzene rings is 1. The number of nitrogens with zero attached hydrogens (tertiary/aromatic N) is 2. The molecule has 0 atom stereocenters. The van der Waals surface area contributed by atoms with Crippen molar-refractivity contribution in [3.63, 3.8) is 0 Å². The van der Waals surface area contributed by atoms with Crippen LogP contribution in [0.25, 0.3) is 11.0 Å². The lowest BCUT2D eigenvalue weighted by Crippen LogP contribution is -2.40. The maximum Gasteiger partial charge on any atom is 0.339 e. The molecular formula is C23H25N3O4. The number of nitrogens with one attached hydrogen (secondary N) is 1. The van der Waals surface area contributed by atoms with Crippen LogP contribution >= 0.6 is 0 Å². The van der Waals surface area contributed by atoms with E-state index in [9.17, 15) is 9.59 Å². The van der Waals surface area contributed by atoms with Crippen molar-refractivity contribution in [2.75, 3.05) is 19.7 Å². The molecule has 3 aromatic rings. The van der Waals surface area contributed by atoms with E-state index in [2.05, 4.69) is 10.2 Å². The molecular weight excluding hydrogens is 382 g/mol. The first-order valence-corrected chi connectivity index (χ1v) is 10.6. The number of H-pyrrole nitrogens is 1. The molecule has 0 spiro atoms. The van der Waals surface area contributed by atoms with Gasteiger partial charge in [-0.1, -0.05) is 0 Å². The SMILES string of the molecule is Cc1c(OCC(=O)N2CCC(c3ccn[nH]3)CC2)ccc2c3c(c(=O)oc12)CCC3. The molecule has 0 unspecified atom stereocenters. The van der Waals surface area contributed by atoms with Gasteiger partial charge in [0.15, 0.2) is 6.61 Å². The summed E-state index contributed by atoms with van der Waals surface area (Å²) < 4.78 is 11.5. The van der Waals surface area contributed by atoms with Crippen LogP contribution in [0.1, 0.15) is 47.6 Å². The third-order valence-corrected chi connectivity index (χ3v) is 6.50. The molecule has 7 nitrogen and oxygen atoms in total. The van der Waals surface area contributed by atoms with Crippen LogP contribution in [0.2, 0.25) is 0 Å². The number of likely N-dealkylation sites (tertiary alicyclic amines) is 1. The van der Waals surface area contributed by atoms with E-state index < -0.39 is 0 Å². The maximum absolute atomic E-state index is 12.7. The normalized spacial score (nSPS) is 16.8. The largest absolute Gasteiger partial charge is 0.483 e. The van der Waals surface area contributed by atoms with Gasteiger partial charge in [-0.05, 0) is 62.8 Å². The van der Waals surface area contributed by atoms with Crippen LogP contribution in [0.5, 0.6) is 5.75 Å². The van der Waals surface area contributed by atoms with Crippen molar-refractivity contribution in [1.29, 1.82) is 0 Å². The Hall–Kier alpha value is -3.09. The number of aryl methyl sites for hydroxylation is 2. The Morgan fingerprint density at radius 3 is 2.80 bits per heavy atom. The molecule has 2 aromatic heterocycles. The van der Waals surface area contributed by atoms with Crippen molar-refractivity contribution in [3.8, 4) is 5.75 Å². The van der Waals surface area contributed by atoms with Gasteiger partial charge in [-0.3, -0.25) is 9.89 Å². The third-order valence-electron chi connectivity index (χ3n) is 6.50. The highest BCUT2D eigenvalue weighted by Crippen LogP contribution is 2.33. The molecule has 1 aliphatic carbocycles. The Morgan fingerprint density at radius 2 is 2.03 bits per heavy atom. The zero-order valence-electron chi connectivity index (χ0n) is 17.1. The third kappa shape index (κ3) is 3.28. The Balaban J connectivity index is 1.26. The number of aromatic nitrogens is 2. The number of amides is 1. The Morgan fingerprint density at radius 1 is 1.23 bits per heavy atom. The Bertz CT molecular complexity index is 1140. The van der Waals surface area contributed by atoms with Crippen LogP contribution in [0.15, 0.2) is 33.6 Å². The summed E-state index contributed by atoms with van der Waals surface area (Å²) in [5, 5.41) is 8.03. The van der Waals surface area contributed by atoms with Gasteiger partial charge in [-0.15, -0.1) is 0 Å². The molecule has 0 bridgehead atoms. The van der Waals surface area contributed by atoms with Crippen molar-refractivity contribution in [2.24, 2.45) is 0 Å². The second kappa shape index (κ2) is 7.63. The second-order valence-corrected chi connectivity index (χ2v) is 8.22. The van der Waals surface area contributed by atoms with E-state index in [0.717, 1.165) is 59.9 Å². The monoisotopic (exact) mass is 407 g/mol. The van der Waals surface area contributed by atoms with Crippen LogP contribution in [-0.2, 0) is 17.6 Å². The van der Waals surface area contributed by atoms with Gasteiger partial charge in [0, 0.05) is 47.4 Å². The van der Waals surface area contributed by atoms with Crippen molar-refractivity contribution in [3.05, 3.63) is 57.2 Å². The maximum atomic E-state index is 12.7. The van der Waals surface area contributed by atoms with Gasteiger partial charge in [0.1, 0.15) is 11.3 Å². The summed E-state index contributed by atoms with van der Waals surface area (Å²) in [5.74, 6) is 0.988. The summed E-state index contributed by atoms with van der Waals surface area (Å²) >= 11 is 0. The van der Waals surface area contributed by atoms with Crippen molar-refractivity contribution in [1.82, 2.24) is 15.1 Å². The summed E-state index contributed by atoms with van der Waals surface area (Å²) in [5.41, 5.74) is 4.15. The highest BCUT2D eigenvalue weighted by molar-refractivity contribution is 5.86. The van der Waals surface area contributed by atoms with Gasteiger partial charge in [-0.25, -0.2) is 4.79 Å². The molecule has 2 aliphatic rings. The molecule has 1 saturated heterocycles. The minimum Gasteiger partial charge on any atom is -0.483 e. The van der Waals surface area contributed by atoms with Gasteiger partial charge < -0.3 is 14.1 Å². The van der Waals surface area contributed by atoms with Crippen molar-refractivity contribution >= 4 is 16.9 Å². The molecule has 1 aromatic carbocycles. The molecule has 0 saturated carbocycles. The van der Waals surface area contributed by atoms with Gasteiger partial charge in [0.25, 0.3) is 5.91 Å². The van der Waals surface area contributed by atoms with Crippen LogP contribution in [-0.4, -0.2) is 40.7 Å². The van der Waals surface area contributed by atoms with Gasteiger partial charge in [-0.2, -0.15) is 5.10 Å². The van der Waals surface area contributed by atoms with E-state index >= 15 is 0 Å². The number of hydrogen-bond acceptors (Lipinski definition) is 5. The number of carbonyl (C=O) groups is 1. The lowest BCUT2D eigenvalue weighted by molar-refractivity contribution is -0.134. The Labute approximate surface area is 174 Å². The standard InChI is InChI=1S/C23H25N3O4/c1-14-20(6-5-17-16-3-2-4-18(16)23(28)30-22(14)17)29-13-21(27)26-11-8-15(9-12-26)19-7-10-24-25-19/h5-7,10,15H,2-4,8-9,11-13H2,1H3,(H,24,25). The average molecular weight is 407 g/mol. The molecule has 1 fully saturated rings. The molecule has 156 valence electrons. The molecule has 7 heteroatoms. The van der Waals surface area contributed by atoms with Crippen LogP contribution in [0.4, 0.5) is 0 Å². The van der Waals surface area contributed by atoms with Crippen LogP contribution in [0, 0.1) is 6.92 Å². The molecule has 1 N–H and O–H groups in total. The van der Waals surface area contributed by atoms with E-state index in [4.69, 9.17) is 9.15 Å². The van der Waals surface area contributed by atoms with Gasteiger partial charge in [0.2, 0.25) is 0 Å². The lowest BCUT2D eigenvalue weighted by Gasteiger charge is -2.31. The number of carbonyl (C=O) groups excluding carboxylic acids is 1. The quantitative estimate of drug-likeness (QED) is 0.672. The van der Waals surface area contributed by atoms with E-state index in [1.165, 1.54) is 0 Å². The van der Waals surface area contributed by atoms with Gasteiger partial charge >= 0.3 is 5.63 Å². The van der Waals surface area contributed by atoms with E-state index in [0.29, 0.717) is 30.3 Å². The highest BCUT2D eigenvalue weighted by atomic mass is 16.5.